The third-order valence-electron chi connectivity index (χ3n) is 5.64. The molecule has 0 spiro atoms. The van der Waals surface area contributed by atoms with Crippen LogP contribution in [-0.2, 0) is 0 Å². The number of rotatable bonds is 4. The van der Waals surface area contributed by atoms with Crippen LogP contribution in [0.25, 0.3) is 10.8 Å². The molecule has 0 heterocycles. The first-order valence-electron chi connectivity index (χ1n) is 11.1. The van der Waals surface area contributed by atoms with E-state index in [2.05, 4.69) is 4.99 Å². The van der Waals surface area contributed by atoms with Gasteiger partial charge in [-0.15, -0.1) is 0 Å². The van der Waals surface area contributed by atoms with Gasteiger partial charge in [0.05, 0.1) is 16.3 Å². The molecule has 0 radical (unpaired) electrons. The molecule has 0 bridgehead atoms. The predicted octanol–water partition coefficient (Wildman–Crippen LogP) is 8.27. The summed E-state index contributed by atoms with van der Waals surface area (Å²) in [6.07, 6.45) is 0. The van der Waals surface area contributed by atoms with E-state index >= 15 is 0 Å². The number of ether oxygens (including phenoxy) is 1. The van der Waals surface area contributed by atoms with E-state index in [9.17, 15) is 4.79 Å². The van der Waals surface area contributed by atoms with Crippen molar-refractivity contribution in [3.63, 3.8) is 0 Å². The average Bonchev–Trinajstić information content (AvgIpc) is 2.86. The number of fused-ring (bicyclic) bond motifs is 1. The zero-order valence-corrected chi connectivity index (χ0v) is 22.5. The smallest absolute Gasteiger partial charge is 0.281 e. The van der Waals surface area contributed by atoms with Crippen molar-refractivity contribution in [3.05, 3.63) is 99.5 Å². The molecule has 36 heavy (non-hydrogen) atoms. The van der Waals surface area contributed by atoms with E-state index in [1.165, 1.54) is 4.42 Å². The predicted molar refractivity (Wildman–Crippen MR) is 150 cm³/mol. The Kier molecular flexibility index (Phi) is 7.74. The molecule has 0 N–H and O–H groups in total. The van der Waals surface area contributed by atoms with Crippen LogP contribution in [0.1, 0.15) is 21.5 Å². The molecular weight excluding hydrogens is 517 g/mol. The summed E-state index contributed by atoms with van der Waals surface area (Å²) in [5, 5.41) is 2.84. The normalized spacial score (nSPS) is 11.5. The topological polar surface area (TPSA) is 45.1 Å². The number of aryl methyl sites for hydroxylation is 2. The highest BCUT2D eigenvalue weighted by molar-refractivity contribution is 6.39. The zero-order valence-electron chi connectivity index (χ0n) is 20.2. The Labute approximate surface area is 225 Å². The molecule has 184 valence electrons. The van der Waals surface area contributed by atoms with Gasteiger partial charge >= 0.3 is 0 Å². The van der Waals surface area contributed by atoms with Crippen LogP contribution in [0.15, 0.2) is 77.8 Å². The van der Waals surface area contributed by atoms with Gasteiger partial charge < -0.3 is 9.64 Å². The number of benzene rings is 4. The van der Waals surface area contributed by atoms with Gasteiger partial charge in [0.25, 0.3) is 5.91 Å². The molecule has 1 amide bonds. The highest BCUT2D eigenvalue weighted by Crippen LogP contribution is 2.37. The highest BCUT2D eigenvalue weighted by Gasteiger charge is 2.21. The summed E-state index contributed by atoms with van der Waals surface area (Å²) in [4.78, 5) is 18.8. The summed E-state index contributed by atoms with van der Waals surface area (Å²) in [5.41, 5.74) is 2.66. The maximum atomic E-state index is 12.8. The molecule has 0 aliphatic rings. The summed E-state index contributed by atoms with van der Waals surface area (Å²) in [5.74, 6) is 1.15. The highest BCUT2D eigenvalue weighted by atomic mass is 35.5. The molecule has 0 aromatic heterocycles. The molecular formula is C28H24Cl3N3O2. The summed E-state index contributed by atoms with van der Waals surface area (Å²) in [6.45, 7) is 3.85. The van der Waals surface area contributed by atoms with Crippen LogP contribution in [0.4, 0.5) is 5.69 Å². The minimum Gasteiger partial charge on any atom is -0.456 e. The lowest BCUT2D eigenvalue weighted by atomic mass is 10.1. The molecule has 4 rings (SSSR count). The minimum absolute atomic E-state index is 0.251. The van der Waals surface area contributed by atoms with Crippen LogP contribution in [-0.4, -0.2) is 30.9 Å². The van der Waals surface area contributed by atoms with Gasteiger partial charge in [0.1, 0.15) is 11.5 Å². The fourth-order valence-corrected chi connectivity index (χ4v) is 4.57. The third kappa shape index (κ3) is 5.29. The fraction of sp³-hybridized carbons (Fsp3) is 0.143. The molecule has 0 unspecified atom stereocenters. The molecule has 0 saturated carbocycles. The van der Waals surface area contributed by atoms with Gasteiger partial charge in [0, 0.05) is 41.7 Å². The van der Waals surface area contributed by atoms with Gasteiger partial charge in [-0.1, -0.05) is 59.6 Å². The van der Waals surface area contributed by atoms with E-state index in [4.69, 9.17) is 39.7 Å². The van der Waals surface area contributed by atoms with Gasteiger partial charge in [-0.2, -0.15) is 4.99 Å². The van der Waals surface area contributed by atoms with E-state index in [0.29, 0.717) is 32.8 Å². The fourth-order valence-electron chi connectivity index (χ4n) is 3.75. The number of halogens is 3. The second-order valence-corrected chi connectivity index (χ2v) is 9.62. The van der Waals surface area contributed by atoms with E-state index in [1.807, 2.05) is 62.4 Å². The Balaban J connectivity index is 1.68. The zero-order chi connectivity index (χ0) is 26.0. The van der Waals surface area contributed by atoms with Crippen molar-refractivity contribution in [1.82, 2.24) is 4.90 Å². The molecule has 4 aromatic carbocycles. The Morgan fingerprint density at radius 1 is 0.806 bits per heavy atom. The Morgan fingerprint density at radius 3 is 2.17 bits per heavy atom. The number of amides is 1. The maximum absolute atomic E-state index is 12.8. The summed E-state index contributed by atoms with van der Waals surface area (Å²) >= 11 is 19.3. The quantitative estimate of drug-likeness (QED) is 0.148. The Hall–Kier alpha value is -3.25. The van der Waals surface area contributed by atoms with Crippen LogP contribution in [0.5, 0.6) is 11.5 Å². The molecule has 0 atom stereocenters. The molecule has 4 aromatic rings. The lowest BCUT2D eigenvalue weighted by molar-refractivity contribution is 0.100. The molecule has 5 nitrogen and oxygen atoms in total. The Bertz CT molecular complexity index is 1480. The molecule has 0 aliphatic carbocycles. The molecule has 0 fully saturated rings. The molecule has 8 heteroatoms. The van der Waals surface area contributed by atoms with Crippen molar-refractivity contribution in [1.29, 1.82) is 0 Å². The molecule has 0 aliphatic heterocycles. The van der Waals surface area contributed by atoms with Crippen molar-refractivity contribution >= 4 is 63.3 Å². The lowest BCUT2D eigenvalue weighted by Gasteiger charge is -2.25. The van der Waals surface area contributed by atoms with Gasteiger partial charge in [0.15, 0.2) is 0 Å². The number of carbonyl (C=O) groups excluding carboxylic acids is 1. The molecule has 0 saturated heterocycles. The van der Waals surface area contributed by atoms with Crippen LogP contribution in [0, 0.1) is 13.8 Å². The third-order valence-corrected chi connectivity index (χ3v) is 6.63. The first-order valence-corrected chi connectivity index (χ1v) is 12.2. The number of anilines is 1. The SMILES string of the molecule is Cc1cc(N(Cl)C(=NC(=O)c2ccccc2Cl)N(C)C)c(C)cc1Oc1ccc(Cl)c2ccccc12. The van der Waals surface area contributed by atoms with Crippen molar-refractivity contribution in [2.75, 3.05) is 18.5 Å². The van der Waals surface area contributed by atoms with Crippen molar-refractivity contribution < 1.29 is 9.53 Å². The van der Waals surface area contributed by atoms with Crippen LogP contribution in [0.3, 0.4) is 0 Å². The largest absolute Gasteiger partial charge is 0.456 e. The van der Waals surface area contributed by atoms with E-state index in [0.717, 1.165) is 21.9 Å². The van der Waals surface area contributed by atoms with Gasteiger partial charge in [-0.3, -0.25) is 4.79 Å². The number of guanidine groups is 1. The monoisotopic (exact) mass is 539 g/mol. The average molecular weight is 541 g/mol. The van der Waals surface area contributed by atoms with E-state index < -0.39 is 5.91 Å². The number of hydrogen-bond acceptors (Lipinski definition) is 2. The van der Waals surface area contributed by atoms with Gasteiger partial charge in [-0.05, 0) is 61.4 Å². The van der Waals surface area contributed by atoms with Crippen LogP contribution in [0.2, 0.25) is 10.0 Å². The standard InChI is InChI=1S/C28H24Cl3N3O2/c1-17-16-26(36-25-14-13-23(30)19-9-5-6-10-20(19)25)18(2)15-24(17)34(31)28(33(3)4)32-27(35)21-11-7-8-12-22(21)29/h5-16H,1-4H3. The van der Waals surface area contributed by atoms with E-state index in [1.54, 1.807) is 43.3 Å². The number of nitrogens with zero attached hydrogens (tertiary/aromatic N) is 3. The van der Waals surface area contributed by atoms with Gasteiger partial charge in [0.2, 0.25) is 5.96 Å². The number of carbonyl (C=O) groups is 1. The van der Waals surface area contributed by atoms with Crippen molar-refractivity contribution in [3.8, 4) is 11.5 Å². The van der Waals surface area contributed by atoms with Crippen molar-refractivity contribution in [2.24, 2.45) is 4.99 Å². The summed E-state index contributed by atoms with van der Waals surface area (Å²) < 4.78 is 7.67. The Morgan fingerprint density at radius 2 is 1.47 bits per heavy atom. The first kappa shape index (κ1) is 25.8. The lowest BCUT2D eigenvalue weighted by Crippen LogP contribution is -2.36. The second-order valence-electron chi connectivity index (χ2n) is 8.47. The van der Waals surface area contributed by atoms with Crippen molar-refractivity contribution in [2.45, 2.75) is 13.8 Å². The summed E-state index contributed by atoms with van der Waals surface area (Å²) in [7, 11) is 3.53. The number of hydrogen-bond donors (Lipinski definition) is 0. The second kappa shape index (κ2) is 10.8. The maximum Gasteiger partial charge on any atom is 0.281 e. The van der Waals surface area contributed by atoms with E-state index in [-0.39, 0.29) is 5.96 Å². The minimum atomic E-state index is -0.487. The number of aliphatic imine (C=N–C) groups is 1. The summed E-state index contributed by atoms with van der Waals surface area (Å²) in [6, 6.07) is 22.1. The van der Waals surface area contributed by atoms with Crippen LogP contribution >= 0.6 is 35.0 Å². The van der Waals surface area contributed by atoms with Gasteiger partial charge in [-0.25, -0.2) is 4.42 Å². The van der Waals surface area contributed by atoms with Crippen LogP contribution < -0.4 is 9.16 Å². The first-order chi connectivity index (χ1) is 17.2.